The molecule has 5 nitrogen and oxygen atoms in total. The van der Waals surface area contributed by atoms with E-state index >= 15 is 0 Å². The molecular weight excluding hydrogens is 466 g/mol. The SMILES string of the molecule is COc1ccc(C2C3=C(N=c4s/c(=C\c5c[nH]c6ccccc56)c(=O)n42)c2ccccc2CC3)cc1. The van der Waals surface area contributed by atoms with Gasteiger partial charge in [0.1, 0.15) is 5.75 Å². The molecule has 2 aromatic heterocycles. The van der Waals surface area contributed by atoms with Crippen LogP contribution in [0.3, 0.4) is 0 Å². The van der Waals surface area contributed by atoms with Crippen molar-refractivity contribution >= 4 is 34.0 Å². The zero-order valence-electron chi connectivity index (χ0n) is 19.7. The van der Waals surface area contributed by atoms with Gasteiger partial charge in [-0.1, -0.05) is 65.9 Å². The molecule has 6 heteroatoms. The van der Waals surface area contributed by atoms with E-state index in [-0.39, 0.29) is 11.6 Å². The zero-order valence-corrected chi connectivity index (χ0v) is 20.5. The number of nitrogens with zero attached hydrogens (tertiary/aromatic N) is 2. The highest BCUT2D eigenvalue weighted by Gasteiger charge is 2.32. The van der Waals surface area contributed by atoms with Crippen LogP contribution in [0.5, 0.6) is 5.75 Å². The van der Waals surface area contributed by atoms with Gasteiger partial charge in [0.2, 0.25) is 0 Å². The van der Waals surface area contributed by atoms with Crippen LogP contribution in [-0.4, -0.2) is 16.7 Å². The van der Waals surface area contributed by atoms with Gasteiger partial charge < -0.3 is 9.72 Å². The summed E-state index contributed by atoms with van der Waals surface area (Å²) < 4.78 is 7.97. The number of para-hydroxylation sites is 1. The van der Waals surface area contributed by atoms with Crippen molar-refractivity contribution in [3.63, 3.8) is 0 Å². The molecule has 1 unspecified atom stereocenters. The smallest absolute Gasteiger partial charge is 0.271 e. The van der Waals surface area contributed by atoms with Gasteiger partial charge in [0.05, 0.1) is 23.4 Å². The maximum Gasteiger partial charge on any atom is 0.271 e. The zero-order chi connectivity index (χ0) is 24.2. The van der Waals surface area contributed by atoms with Gasteiger partial charge in [-0.2, -0.15) is 0 Å². The highest BCUT2D eigenvalue weighted by molar-refractivity contribution is 7.07. The van der Waals surface area contributed by atoms with Crippen molar-refractivity contribution in [2.45, 2.75) is 18.9 Å². The summed E-state index contributed by atoms with van der Waals surface area (Å²) in [6, 6.07) is 24.5. The number of rotatable bonds is 3. The van der Waals surface area contributed by atoms with E-state index in [0.29, 0.717) is 4.53 Å². The number of ether oxygens (including phenoxy) is 1. The number of aromatic amines is 1. The van der Waals surface area contributed by atoms with Crippen LogP contribution in [-0.2, 0) is 6.42 Å². The third kappa shape index (κ3) is 3.22. The highest BCUT2D eigenvalue weighted by Crippen LogP contribution is 2.41. The molecule has 2 aliphatic rings. The van der Waals surface area contributed by atoms with E-state index in [9.17, 15) is 4.79 Å². The van der Waals surface area contributed by atoms with Crippen LogP contribution in [0, 0.1) is 0 Å². The lowest BCUT2D eigenvalue weighted by atomic mass is 9.83. The molecule has 3 aromatic carbocycles. The second-order valence-electron chi connectivity index (χ2n) is 9.18. The second-order valence-corrected chi connectivity index (χ2v) is 10.2. The van der Waals surface area contributed by atoms with E-state index in [2.05, 4.69) is 47.4 Å². The van der Waals surface area contributed by atoms with Crippen LogP contribution in [0.25, 0.3) is 22.7 Å². The Morgan fingerprint density at radius 1 is 1.03 bits per heavy atom. The molecule has 1 N–H and O–H groups in total. The molecular formula is C30H23N3O2S. The lowest BCUT2D eigenvalue weighted by molar-refractivity contribution is 0.414. The largest absolute Gasteiger partial charge is 0.497 e. The molecule has 0 amide bonds. The number of hydrogen-bond acceptors (Lipinski definition) is 4. The van der Waals surface area contributed by atoms with Crippen LogP contribution in [0.15, 0.2) is 94.4 Å². The topological polar surface area (TPSA) is 59.4 Å². The van der Waals surface area contributed by atoms with Crippen LogP contribution >= 0.6 is 11.3 Å². The van der Waals surface area contributed by atoms with Gasteiger partial charge in [0.25, 0.3) is 5.56 Å². The second kappa shape index (κ2) is 8.21. The van der Waals surface area contributed by atoms with E-state index in [1.54, 1.807) is 7.11 Å². The molecule has 3 heterocycles. The molecule has 0 saturated heterocycles. The van der Waals surface area contributed by atoms with E-state index < -0.39 is 0 Å². The molecule has 0 bridgehead atoms. The summed E-state index contributed by atoms with van der Waals surface area (Å²) in [5.74, 6) is 0.800. The first-order valence-corrected chi connectivity index (χ1v) is 12.9. The molecule has 5 aromatic rings. The Kier molecular flexibility index (Phi) is 4.82. The predicted molar refractivity (Wildman–Crippen MR) is 144 cm³/mol. The number of allylic oxidation sites excluding steroid dienone is 1. The fraction of sp³-hybridized carbons (Fsp3) is 0.133. The number of methoxy groups -OCH3 is 1. The first-order valence-electron chi connectivity index (χ1n) is 12.0. The van der Waals surface area contributed by atoms with Crippen molar-refractivity contribution in [3.05, 3.63) is 127 Å². The molecule has 1 atom stereocenters. The Balaban J connectivity index is 1.48. The van der Waals surface area contributed by atoms with Crippen molar-refractivity contribution in [1.82, 2.24) is 9.55 Å². The molecule has 36 heavy (non-hydrogen) atoms. The van der Waals surface area contributed by atoms with Crippen LogP contribution in [0.4, 0.5) is 0 Å². The monoisotopic (exact) mass is 489 g/mol. The molecule has 1 aliphatic carbocycles. The fourth-order valence-electron chi connectivity index (χ4n) is 5.46. The molecule has 0 radical (unpaired) electrons. The summed E-state index contributed by atoms with van der Waals surface area (Å²) in [4.78, 5) is 23.1. The fourth-order valence-corrected chi connectivity index (χ4v) is 6.46. The highest BCUT2D eigenvalue weighted by atomic mass is 32.1. The first kappa shape index (κ1) is 21.1. The van der Waals surface area contributed by atoms with Gasteiger partial charge in [-0.15, -0.1) is 0 Å². The number of hydrogen-bond donors (Lipinski definition) is 1. The van der Waals surface area contributed by atoms with E-state index in [1.165, 1.54) is 28.0 Å². The Morgan fingerprint density at radius 3 is 2.69 bits per heavy atom. The van der Waals surface area contributed by atoms with Gasteiger partial charge in [0.15, 0.2) is 4.80 Å². The third-order valence-electron chi connectivity index (χ3n) is 7.21. The average molecular weight is 490 g/mol. The number of fused-ring (bicyclic) bond motifs is 4. The maximum atomic E-state index is 13.9. The number of aryl methyl sites for hydroxylation is 1. The van der Waals surface area contributed by atoms with Gasteiger partial charge in [-0.25, -0.2) is 4.99 Å². The third-order valence-corrected chi connectivity index (χ3v) is 8.20. The summed E-state index contributed by atoms with van der Waals surface area (Å²) in [5, 5.41) is 1.10. The van der Waals surface area contributed by atoms with Crippen molar-refractivity contribution in [2.75, 3.05) is 7.11 Å². The van der Waals surface area contributed by atoms with E-state index in [1.807, 2.05) is 47.2 Å². The Hall–Kier alpha value is -4.16. The van der Waals surface area contributed by atoms with Crippen LogP contribution in [0.1, 0.15) is 34.7 Å². The van der Waals surface area contributed by atoms with Gasteiger partial charge in [0, 0.05) is 28.2 Å². The molecule has 0 spiro atoms. The van der Waals surface area contributed by atoms with Gasteiger partial charge >= 0.3 is 0 Å². The molecule has 0 saturated carbocycles. The van der Waals surface area contributed by atoms with Crippen molar-refractivity contribution in [2.24, 2.45) is 4.99 Å². The average Bonchev–Trinajstić information content (AvgIpc) is 3.48. The van der Waals surface area contributed by atoms with E-state index in [0.717, 1.165) is 51.1 Å². The maximum absolute atomic E-state index is 13.9. The normalized spacial score (nSPS) is 16.9. The summed E-state index contributed by atoms with van der Waals surface area (Å²) in [6.07, 6.45) is 5.77. The Bertz CT molecular complexity index is 1850. The minimum atomic E-state index is -0.194. The van der Waals surface area contributed by atoms with Crippen molar-refractivity contribution in [1.29, 1.82) is 0 Å². The van der Waals surface area contributed by atoms with E-state index in [4.69, 9.17) is 9.73 Å². The van der Waals surface area contributed by atoms with Gasteiger partial charge in [-0.05, 0) is 53.8 Å². The van der Waals surface area contributed by atoms with Gasteiger partial charge in [-0.3, -0.25) is 9.36 Å². The predicted octanol–water partition coefficient (Wildman–Crippen LogP) is 4.81. The number of H-pyrrole nitrogens is 1. The quantitative estimate of drug-likeness (QED) is 0.396. The summed E-state index contributed by atoms with van der Waals surface area (Å²) in [5.41, 5.74) is 7.82. The van der Waals surface area contributed by atoms with Crippen molar-refractivity contribution < 1.29 is 4.74 Å². The number of nitrogens with one attached hydrogen (secondary N) is 1. The summed E-state index contributed by atoms with van der Waals surface area (Å²) in [7, 11) is 1.67. The Morgan fingerprint density at radius 2 is 1.83 bits per heavy atom. The summed E-state index contributed by atoms with van der Waals surface area (Å²) >= 11 is 1.46. The van der Waals surface area contributed by atoms with Crippen LogP contribution in [0.2, 0.25) is 0 Å². The molecule has 176 valence electrons. The lowest BCUT2D eigenvalue weighted by Gasteiger charge is -2.30. The molecule has 0 fully saturated rings. The minimum absolute atomic E-state index is 0.00439. The molecule has 1 aliphatic heterocycles. The Labute approximate surface area is 211 Å². The number of benzene rings is 3. The first-order chi connectivity index (χ1) is 17.7. The standard InChI is InChI=1S/C30H23N3O2S/c1-35-21-13-10-19(11-14-21)28-24-15-12-18-6-2-3-8-23(18)27(24)32-30-33(28)29(34)26(36-30)16-20-17-31-25-9-5-4-7-22(20)25/h2-11,13-14,16-17,28,31H,12,15H2,1H3/b26-16-. The molecule has 7 rings (SSSR count). The number of aromatic nitrogens is 2. The summed E-state index contributed by atoms with van der Waals surface area (Å²) in [6.45, 7) is 0. The number of thiazole rings is 1. The lowest BCUT2D eigenvalue weighted by Crippen LogP contribution is -2.38. The van der Waals surface area contributed by atoms with Crippen molar-refractivity contribution in [3.8, 4) is 5.75 Å². The minimum Gasteiger partial charge on any atom is -0.497 e. The van der Waals surface area contributed by atoms with Crippen LogP contribution < -0.4 is 19.6 Å².